The third kappa shape index (κ3) is 3.01. The largest absolute Gasteiger partial charge is 0.456 e. The van der Waals surface area contributed by atoms with Crippen molar-refractivity contribution in [2.45, 2.75) is 0 Å². The topological polar surface area (TPSA) is 33.0 Å². The fourth-order valence-corrected chi connectivity index (χ4v) is 1.79. The minimum atomic E-state index is -0.608. The van der Waals surface area contributed by atoms with Crippen molar-refractivity contribution in [2.75, 3.05) is 0 Å². The van der Waals surface area contributed by atoms with Crippen molar-refractivity contribution in [3.05, 3.63) is 70.5 Å². The Morgan fingerprint density at radius 1 is 1.21 bits per heavy atom. The normalized spacial score (nSPS) is 9.74. The highest BCUT2D eigenvalue weighted by molar-refractivity contribution is 9.10. The zero-order valence-electron chi connectivity index (χ0n) is 9.86. The number of benzene rings is 2. The molecule has 2 rings (SSSR count). The van der Waals surface area contributed by atoms with Gasteiger partial charge in [0.2, 0.25) is 0 Å². The van der Waals surface area contributed by atoms with E-state index in [4.69, 9.17) is 10.00 Å². The molecule has 2 aromatic rings. The van der Waals surface area contributed by atoms with Gasteiger partial charge in [-0.05, 0) is 24.3 Å². The summed E-state index contributed by atoms with van der Waals surface area (Å²) in [6.45, 7) is 3.79. The summed E-state index contributed by atoms with van der Waals surface area (Å²) in [7, 11) is 0. The van der Waals surface area contributed by atoms with Crippen molar-refractivity contribution in [3.8, 4) is 11.8 Å². The van der Waals surface area contributed by atoms with Crippen LogP contribution in [0.2, 0.25) is 0 Å². The van der Waals surface area contributed by atoms with Crippen LogP contribution in [0.4, 0.5) is 4.39 Å². The predicted octanol–water partition coefficient (Wildman–Crippen LogP) is 4.51. The van der Waals surface area contributed by atoms with Gasteiger partial charge in [0, 0.05) is 10.0 Å². The Kier molecular flexibility index (Phi) is 3.98. The molecule has 0 atom stereocenters. The van der Waals surface area contributed by atoms with E-state index in [1.165, 1.54) is 18.2 Å². The van der Waals surface area contributed by atoms with Crippen molar-refractivity contribution in [1.82, 2.24) is 0 Å². The quantitative estimate of drug-likeness (QED) is 0.780. The van der Waals surface area contributed by atoms with Crippen LogP contribution >= 0.6 is 15.9 Å². The van der Waals surface area contributed by atoms with Crippen LogP contribution < -0.4 is 4.74 Å². The van der Waals surface area contributed by atoms with E-state index >= 15 is 0 Å². The molecule has 4 heteroatoms. The number of nitrogens with zero attached hydrogens (tertiary/aromatic N) is 1. The standard InChI is InChI=1S/C15H9BrFNO/c1-10(11-5-7-12(16)8-6-11)19-15-4-2-3-14(17)13(15)9-18/h2-8H,1H2. The fraction of sp³-hybridized carbons (Fsp3) is 0. The van der Waals surface area contributed by atoms with Crippen LogP contribution in [0.15, 0.2) is 53.5 Å². The molecule has 19 heavy (non-hydrogen) atoms. The highest BCUT2D eigenvalue weighted by Gasteiger charge is 2.11. The van der Waals surface area contributed by atoms with Crippen molar-refractivity contribution in [1.29, 1.82) is 5.26 Å². The Morgan fingerprint density at radius 2 is 1.89 bits per heavy atom. The molecule has 94 valence electrons. The number of hydrogen-bond acceptors (Lipinski definition) is 2. The molecule has 0 unspecified atom stereocenters. The molecule has 0 aromatic heterocycles. The summed E-state index contributed by atoms with van der Waals surface area (Å²) in [4.78, 5) is 0. The third-order valence-electron chi connectivity index (χ3n) is 2.49. The van der Waals surface area contributed by atoms with E-state index in [2.05, 4.69) is 22.5 Å². The smallest absolute Gasteiger partial charge is 0.148 e. The first-order valence-electron chi connectivity index (χ1n) is 5.43. The minimum Gasteiger partial charge on any atom is -0.456 e. The maximum Gasteiger partial charge on any atom is 0.148 e. The van der Waals surface area contributed by atoms with Gasteiger partial charge in [0.05, 0.1) is 0 Å². The summed E-state index contributed by atoms with van der Waals surface area (Å²) in [5.41, 5.74) is 0.636. The Morgan fingerprint density at radius 3 is 2.53 bits per heavy atom. The second kappa shape index (κ2) is 5.68. The maximum absolute atomic E-state index is 13.4. The molecule has 0 aliphatic heterocycles. The first-order chi connectivity index (χ1) is 9.11. The Hall–Kier alpha value is -2.12. The molecular formula is C15H9BrFNO. The van der Waals surface area contributed by atoms with Gasteiger partial charge in [-0.25, -0.2) is 4.39 Å². The SMILES string of the molecule is C=C(Oc1cccc(F)c1C#N)c1ccc(Br)cc1. The summed E-state index contributed by atoms with van der Waals surface area (Å²) >= 11 is 3.33. The van der Waals surface area contributed by atoms with E-state index < -0.39 is 5.82 Å². The highest BCUT2D eigenvalue weighted by atomic mass is 79.9. The summed E-state index contributed by atoms with van der Waals surface area (Å²) in [5.74, 6) is -0.0892. The first kappa shape index (κ1) is 13.3. The summed E-state index contributed by atoms with van der Waals surface area (Å²) in [6.07, 6.45) is 0. The Labute approximate surface area is 118 Å². The summed E-state index contributed by atoms with van der Waals surface area (Å²) in [5, 5.41) is 8.91. The molecule has 0 aliphatic rings. The molecule has 2 nitrogen and oxygen atoms in total. The maximum atomic E-state index is 13.4. The van der Waals surface area contributed by atoms with Crippen LogP contribution in [0.25, 0.3) is 5.76 Å². The summed E-state index contributed by atoms with van der Waals surface area (Å²) < 4.78 is 19.8. The van der Waals surface area contributed by atoms with Gasteiger partial charge in [-0.2, -0.15) is 5.26 Å². The van der Waals surface area contributed by atoms with Crippen molar-refractivity contribution in [2.24, 2.45) is 0 Å². The van der Waals surface area contributed by atoms with Gasteiger partial charge in [0.25, 0.3) is 0 Å². The minimum absolute atomic E-state index is 0.124. The lowest BCUT2D eigenvalue weighted by Crippen LogP contribution is -1.97. The van der Waals surface area contributed by atoms with Crippen LogP contribution in [0, 0.1) is 17.1 Å². The van der Waals surface area contributed by atoms with Crippen LogP contribution in [0.1, 0.15) is 11.1 Å². The molecule has 2 aromatic carbocycles. The lowest BCUT2D eigenvalue weighted by Gasteiger charge is -2.10. The van der Waals surface area contributed by atoms with Crippen molar-refractivity contribution in [3.63, 3.8) is 0 Å². The second-order valence-electron chi connectivity index (χ2n) is 3.76. The van der Waals surface area contributed by atoms with Crippen LogP contribution in [-0.4, -0.2) is 0 Å². The molecule has 0 amide bonds. The van der Waals surface area contributed by atoms with Gasteiger partial charge in [-0.3, -0.25) is 0 Å². The van der Waals surface area contributed by atoms with Crippen molar-refractivity contribution >= 4 is 21.7 Å². The molecule has 0 saturated heterocycles. The lowest BCUT2D eigenvalue weighted by molar-refractivity contribution is 0.505. The van der Waals surface area contributed by atoms with Crippen LogP contribution in [0.3, 0.4) is 0 Å². The van der Waals surface area contributed by atoms with E-state index in [-0.39, 0.29) is 11.3 Å². The van der Waals surface area contributed by atoms with Gasteiger partial charge in [-0.1, -0.05) is 40.7 Å². The van der Waals surface area contributed by atoms with Crippen LogP contribution in [-0.2, 0) is 0 Å². The van der Waals surface area contributed by atoms with Gasteiger partial charge in [0.15, 0.2) is 0 Å². The van der Waals surface area contributed by atoms with Gasteiger partial charge < -0.3 is 4.74 Å². The molecular weight excluding hydrogens is 309 g/mol. The monoisotopic (exact) mass is 317 g/mol. The zero-order valence-corrected chi connectivity index (χ0v) is 11.4. The van der Waals surface area contributed by atoms with E-state index in [0.29, 0.717) is 5.76 Å². The predicted molar refractivity (Wildman–Crippen MR) is 74.9 cm³/mol. The van der Waals surface area contributed by atoms with Crippen molar-refractivity contribution < 1.29 is 9.13 Å². The van der Waals surface area contributed by atoms with E-state index in [1.807, 2.05) is 24.3 Å². The molecule has 0 saturated carbocycles. The fourth-order valence-electron chi connectivity index (χ4n) is 1.53. The third-order valence-corrected chi connectivity index (χ3v) is 3.02. The van der Waals surface area contributed by atoms with Gasteiger partial charge in [0.1, 0.15) is 29.0 Å². The molecule has 0 N–H and O–H groups in total. The highest BCUT2D eigenvalue weighted by Crippen LogP contribution is 2.25. The molecule has 0 aliphatic carbocycles. The van der Waals surface area contributed by atoms with Gasteiger partial charge in [-0.15, -0.1) is 0 Å². The number of nitriles is 1. The van der Waals surface area contributed by atoms with Crippen LogP contribution in [0.5, 0.6) is 5.75 Å². The first-order valence-corrected chi connectivity index (χ1v) is 6.22. The molecule has 0 bridgehead atoms. The summed E-state index contributed by atoms with van der Waals surface area (Å²) in [6, 6.07) is 13.3. The zero-order chi connectivity index (χ0) is 13.8. The molecule has 0 fully saturated rings. The number of rotatable bonds is 3. The molecule has 0 spiro atoms. The number of halogens is 2. The number of ether oxygens (including phenoxy) is 1. The average molecular weight is 318 g/mol. The van der Waals surface area contributed by atoms with Gasteiger partial charge >= 0.3 is 0 Å². The average Bonchev–Trinajstić information content (AvgIpc) is 2.39. The second-order valence-corrected chi connectivity index (χ2v) is 4.67. The number of hydrogen-bond donors (Lipinski definition) is 0. The Balaban J connectivity index is 2.27. The Bertz CT molecular complexity index is 659. The lowest BCUT2D eigenvalue weighted by atomic mass is 10.2. The van der Waals surface area contributed by atoms with E-state index in [9.17, 15) is 4.39 Å². The molecule has 0 heterocycles. The molecule has 0 radical (unpaired) electrons. The van der Waals surface area contributed by atoms with E-state index in [0.717, 1.165) is 10.0 Å². The van der Waals surface area contributed by atoms with E-state index in [1.54, 1.807) is 6.07 Å².